The highest BCUT2D eigenvalue weighted by Gasteiger charge is 2.37. The lowest BCUT2D eigenvalue weighted by molar-refractivity contribution is 0.0854. The van der Waals surface area contributed by atoms with Crippen LogP contribution in [0.1, 0.15) is 40.9 Å². The number of likely N-dealkylation sites (N-methyl/N-ethyl adjacent to an activating group) is 1. The van der Waals surface area contributed by atoms with Crippen molar-refractivity contribution in [2.45, 2.75) is 31.7 Å². The van der Waals surface area contributed by atoms with Crippen LogP contribution >= 0.6 is 22.9 Å². The highest BCUT2D eigenvalue weighted by Crippen LogP contribution is 2.37. The summed E-state index contributed by atoms with van der Waals surface area (Å²) < 4.78 is 15.8. The smallest absolute Gasteiger partial charge is 0.261 e. The molecule has 1 aromatic carbocycles. The predicted molar refractivity (Wildman–Crippen MR) is 128 cm³/mol. The van der Waals surface area contributed by atoms with Gasteiger partial charge in [-0.15, -0.1) is 11.3 Å². The van der Waals surface area contributed by atoms with Crippen molar-refractivity contribution in [1.29, 1.82) is 0 Å². The Kier molecular flexibility index (Phi) is 6.98. The van der Waals surface area contributed by atoms with Crippen LogP contribution in [0, 0.1) is 11.7 Å². The van der Waals surface area contributed by atoms with E-state index in [4.69, 9.17) is 11.6 Å². The van der Waals surface area contributed by atoms with Gasteiger partial charge in [-0.1, -0.05) is 37.1 Å². The van der Waals surface area contributed by atoms with Crippen molar-refractivity contribution in [1.82, 2.24) is 20.0 Å². The molecule has 1 fully saturated rings. The molecule has 8 heteroatoms. The van der Waals surface area contributed by atoms with Gasteiger partial charge < -0.3 is 10.2 Å². The maximum Gasteiger partial charge on any atom is 0.261 e. The molecule has 3 aromatic rings. The Hall–Kier alpha value is -2.22. The molecule has 3 atom stereocenters. The Bertz CT molecular complexity index is 1080. The van der Waals surface area contributed by atoms with Gasteiger partial charge in [-0.3, -0.25) is 9.48 Å². The number of halogens is 2. The number of benzene rings is 1. The molecular weight excluding hydrogens is 447 g/mol. The molecular formula is C24H28ClFN4OS. The van der Waals surface area contributed by atoms with Crippen molar-refractivity contribution in [3.63, 3.8) is 0 Å². The second-order valence-electron chi connectivity index (χ2n) is 8.56. The molecule has 170 valence electrons. The molecule has 2 aromatic heterocycles. The Labute approximate surface area is 197 Å². The average Bonchev–Trinajstić information content (AvgIpc) is 3.34. The van der Waals surface area contributed by atoms with Gasteiger partial charge in [0.2, 0.25) is 0 Å². The molecule has 1 amide bonds. The van der Waals surface area contributed by atoms with Crippen LogP contribution in [-0.4, -0.2) is 46.8 Å². The normalized spacial score (nSPS) is 21.6. The minimum atomic E-state index is -0.238. The number of aryl methyl sites for hydroxylation is 1. The van der Waals surface area contributed by atoms with Crippen LogP contribution in [0.2, 0.25) is 5.02 Å². The number of rotatable bonds is 6. The van der Waals surface area contributed by atoms with E-state index >= 15 is 0 Å². The first kappa shape index (κ1) is 23.0. The molecule has 0 spiro atoms. The number of aromatic nitrogens is 2. The monoisotopic (exact) mass is 474 g/mol. The van der Waals surface area contributed by atoms with Crippen molar-refractivity contribution in [3.05, 3.63) is 63.9 Å². The third kappa shape index (κ3) is 4.75. The van der Waals surface area contributed by atoms with Gasteiger partial charge in [-0.2, -0.15) is 5.10 Å². The first-order chi connectivity index (χ1) is 15.4. The van der Waals surface area contributed by atoms with E-state index in [1.807, 2.05) is 25.2 Å². The van der Waals surface area contributed by atoms with Gasteiger partial charge in [0, 0.05) is 32.1 Å². The van der Waals surface area contributed by atoms with E-state index in [1.165, 1.54) is 17.4 Å². The molecule has 1 N–H and O–H groups in total. The fourth-order valence-electron chi connectivity index (χ4n) is 4.88. The van der Waals surface area contributed by atoms with Crippen LogP contribution in [-0.2, 0) is 7.05 Å². The minimum absolute atomic E-state index is 0.0664. The Balaban J connectivity index is 1.60. The third-order valence-electron chi connectivity index (χ3n) is 6.16. The number of carbonyl (C=O) groups excluding carboxylic acids is 1. The van der Waals surface area contributed by atoms with Crippen molar-refractivity contribution >= 4 is 28.8 Å². The van der Waals surface area contributed by atoms with Crippen molar-refractivity contribution < 1.29 is 9.18 Å². The van der Waals surface area contributed by atoms with E-state index < -0.39 is 0 Å². The van der Waals surface area contributed by atoms with Gasteiger partial charge in [-0.25, -0.2) is 4.39 Å². The topological polar surface area (TPSA) is 50.2 Å². The molecule has 5 nitrogen and oxygen atoms in total. The van der Waals surface area contributed by atoms with Crippen LogP contribution < -0.4 is 5.32 Å². The summed E-state index contributed by atoms with van der Waals surface area (Å²) in [5.74, 6) is 0.0592. The van der Waals surface area contributed by atoms with E-state index in [-0.39, 0.29) is 23.7 Å². The van der Waals surface area contributed by atoms with Gasteiger partial charge in [0.25, 0.3) is 5.91 Å². The molecule has 0 bridgehead atoms. The maximum atomic E-state index is 14.1. The number of likely N-dealkylation sites (tertiary alicyclic amines) is 1. The Morgan fingerprint density at radius 2 is 2.09 bits per heavy atom. The molecule has 0 radical (unpaired) electrons. The van der Waals surface area contributed by atoms with Crippen molar-refractivity contribution in [2.75, 3.05) is 20.1 Å². The first-order valence-corrected chi connectivity index (χ1v) is 12.1. The highest BCUT2D eigenvalue weighted by atomic mass is 35.5. The van der Waals surface area contributed by atoms with Crippen LogP contribution in [0.5, 0.6) is 0 Å². The number of hydrogen-bond donors (Lipinski definition) is 1. The predicted octanol–water partition coefficient (Wildman–Crippen LogP) is 5.19. The molecule has 1 aliphatic heterocycles. The van der Waals surface area contributed by atoms with E-state index in [0.29, 0.717) is 15.8 Å². The van der Waals surface area contributed by atoms with Crippen LogP contribution in [0.3, 0.4) is 0 Å². The molecule has 0 saturated carbocycles. The summed E-state index contributed by atoms with van der Waals surface area (Å²) in [5, 5.41) is 8.00. The van der Waals surface area contributed by atoms with Crippen LogP contribution in [0.25, 0.3) is 10.6 Å². The van der Waals surface area contributed by atoms with E-state index in [0.717, 1.165) is 42.1 Å². The lowest BCUT2D eigenvalue weighted by atomic mass is 9.75. The van der Waals surface area contributed by atoms with Crippen LogP contribution in [0.15, 0.2) is 42.6 Å². The quantitative estimate of drug-likeness (QED) is 0.535. The number of amides is 1. The SMILES string of the molecule is CCC[C@H]1CN(C)C[C@@H](NC(=O)c2ccc(-c3c(Cl)cnn3C)s2)[C@@H]1c1cccc(F)c1. The van der Waals surface area contributed by atoms with Crippen molar-refractivity contribution in [2.24, 2.45) is 13.0 Å². The fourth-order valence-corrected chi connectivity index (χ4v) is 6.20. The van der Waals surface area contributed by atoms with E-state index in [1.54, 1.807) is 23.0 Å². The molecule has 1 aliphatic rings. The molecule has 1 saturated heterocycles. The molecule has 4 rings (SSSR count). The summed E-state index contributed by atoms with van der Waals surface area (Å²) in [6.07, 6.45) is 3.68. The number of carbonyl (C=O) groups is 1. The molecule has 0 unspecified atom stereocenters. The molecule has 32 heavy (non-hydrogen) atoms. The summed E-state index contributed by atoms with van der Waals surface area (Å²) in [7, 11) is 3.91. The largest absolute Gasteiger partial charge is 0.347 e. The Morgan fingerprint density at radius 3 is 2.78 bits per heavy atom. The summed E-state index contributed by atoms with van der Waals surface area (Å²) in [4.78, 5) is 17.0. The van der Waals surface area contributed by atoms with Gasteiger partial charge >= 0.3 is 0 Å². The van der Waals surface area contributed by atoms with Gasteiger partial charge in [-0.05, 0) is 49.2 Å². The number of thiophene rings is 1. The second-order valence-corrected chi connectivity index (χ2v) is 10.1. The average molecular weight is 475 g/mol. The lowest BCUT2D eigenvalue weighted by Gasteiger charge is -2.43. The zero-order valence-corrected chi connectivity index (χ0v) is 20.1. The van der Waals surface area contributed by atoms with E-state index in [9.17, 15) is 9.18 Å². The summed E-state index contributed by atoms with van der Waals surface area (Å²) in [6, 6.07) is 10.4. The standard InChI is InChI=1S/C24H28ClFN4OS/c1-4-6-16-13-29(2)14-19(22(16)15-7-5-8-17(26)11-15)28-24(31)21-10-9-20(32-21)23-18(25)12-27-30(23)3/h5,7-12,16,19,22H,4,6,13-14H2,1-3H3,(H,28,31)/t16-,19+,22+/m0/s1. The summed E-state index contributed by atoms with van der Waals surface area (Å²) in [6.45, 7) is 3.82. The number of piperidine rings is 1. The lowest BCUT2D eigenvalue weighted by Crippen LogP contribution is -2.54. The minimum Gasteiger partial charge on any atom is -0.347 e. The van der Waals surface area contributed by atoms with E-state index in [2.05, 4.69) is 29.3 Å². The van der Waals surface area contributed by atoms with Gasteiger partial charge in [0.15, 0.2) is 0 Å². The number of nitrogens with zero attached hydrogens (tertiary/aromatic N) is 3. The molecule has 0 aliphatic carbocycles. The van der Waals surface area contributed by atoms with Crippen molar-refractivity contribution in [3.8, 4) is 10.6 Å². The number of hydrogen-bond acceptors (Lipinski definition) is 4. The third-order valence-corrected chi connectivity index (χ3v) is 7.53. The maximum absolute atomic E-state index is 14.1. The summed E-state index contributed by atoms with van der Waals surface area (Å²) >= 11 is 7.67. The number of nitrogens with one attached hydrogen (secondary N) is 1. The van der Waals surface area contributed by atoms with Gasteiger partial charge in [0.1, 0.15) is 5.82 Å². The fraction of sp³-hybridized carbons (Fsp3) is 0.417. The summed E-state index contributed by atoms with van der Waals surface area (Å²) in [5.41, 5.74) is 1.75. The Morgan fingerprint density at radius 1 is 1.28 bits per heavy atom. The molecule has 3 heterocycles. The van der Waals surface area contributed by atoms with Gasteiger partial charge in [0.05, 0.1) is 26.7 Å². The zero-order valence-electron chi connectivity index (χ0n) is 18.5. The zero-order chi connectivity index (χ0) is 22.8. The highest BCUT2D eigenvalue weighted by molar-refractivity contribution is 7.17. The first-order valence-electron chi connectivity index (χ1n) is 10.9. The van der Waals surface area contributed by atoms with Crippen LogP contribution in [0.4, 0.5) is 4.39 Å². The second kappa shape index (κ2) is 9.73.